The lowest BCUT2D eigenvalue weighted by atomic mass is 10.1. The van der Waals surface area contributed by atoms with Crippen LogP contribution in [0.25, 0.3) is 0 Å². The minimum atomic E-state index is -1.72. The largest absolute Gasteiger partial charge is 0.488 e. The average molecular weight is 275 g/mol. The molecule has 1 aromatic rings. The average Bonchev–Trinajstić information content (AvgIpc) is 2.40. The first kappa shape index (κ1) is 15.7. The smallest absolute Gasteiger partial charge is 0.167 e. The predicted octanol–water partition coefficient (Wildman–Crippen LogP) is 3.85. The predicted molar refractivity (Wildman–Crippen MR) is 70.6 cm³/mol. The highest BCUT2D eigenvalue weighted by Gasteiger charge is 2.27. The second-order valence-electron chi connectivity index (χ2n) is 4.54. The highest BCUT2D eigenvalue weighted by molar-refractivity contribution is 5.41. The topological polar surface area (TPSA) is 35.2 Å². The Bertz CT molecular complexity index is 358. The van der Waals surface area contributed by atoms with Crippen molar-refractivity contribution in [2.45, 2.75) is 44.6 Å². The summed E-state index contributed by atoms with van der Waals surface area (Å²) in [7, 11) is 0. The molecule has 0 bridgehead atoms. The highest BCUT2D eigenvalue weighted by atomic mass is 19.2. The molecule has 3 unspecified atom stereocenters. The van der Waals surface area contributed by atoms with E-state index in [4.69, 9.17) is 10.5 Å². The van der Waals surface area contributed by atoms with Gasteiger partial charge in [0.25, 0.3) is 0 Å². The third kappa shape index (κ3) is 5.41. The lowest BCUT2D eigenvalue weighted by Gasteiger charge is -2.21. The molecule has 0 aliphatic carbocycles. The van der Waals surface area contributed by atoms with Gasteiger partial charge in [-0.1, -0.05) is 0 Å². The standard InChI is InChI=1S/C14H20F3NO/c1-10(14(17)13(16)4-2-3-9-15)19-12-7-5-11(18)6-8-12/h5-8,10,13-14H,2-4,9,18H2,1H3. The quantitative estimate of drug-likeness (QED) is 0.577. The number of hydrogen-bond acceptors (Lipinski definition) is 2. The van der Waals surface area contributed by atoms with Gasteiger partial charge in [0.05, 0.1) is 6.67 Å². The molecule has 1 aromatic carbocycles. The number of rotatable bonds is 8. The Balaban J connectivity index is 2.42. The molecule has 0 radical (unpaired) electrons. The molecule has 2 nitrogen and oxygen atoms in total. The van der Waals surface area contributed by atoms with Crippen molar-refractivity contribution < 1.29 is 17.9 Å². The molecule has 19 heavy (non-hydrogen) atoms. The van der Waals surface area contributed by atoms with Crippen LogP contribution in [0, 0.1) is 0 Å². The first-order valence-electron chi connectivity index (χ1n) is 6.41. The highest BCUT2D eigenvalue weighted by Crippen LogP contribution is 2.21. The van der Waals surface area contributed by atoms with Gasteiger partial charge in [0.2, 0.25) is 0 Å². The van der Waals surface area contributed by atoms with Crippen LogP contribution in [0.4, 0.5) is 18.9 Å². The molecule has 0 fully saturated rings. The normalized spacial score (nSPS) is 15.8. The Morgan fingerprint density at radius 1 is 1.16 bits per heavy atom. The van der Waals surface area contributed by atoms with Crippen molar-refractivity contribution in [1.29, 1.82) is 0 Å². The molecule has 0 saturated heterocycles. The number of nitrogens with two attached hydrogens (primary N) is 1. The van der Waals surface area contributed by atoms with Crippen LogP contribution >= 0.6 is 0 Å². The van der Waals surface area contributed by atoms with E-state index in [0.717, 1.165) is 0 Å². The van der Waals surface area contributed by atoms with Crippen molar-refractivity contribution in [3.05, 3.63) is 24.3 Å². The van der Waals surface area contributed by atoms with Gasteiger partial charge >= 0.3 is 0 Å². The van der Waals surface area contributed by atoms with Crippen LogP contribution in [-0.2, 0) is 0 Å². The molecule has 1 rings (SSSR count). The van der Waals surface area contributed by atoms with E-state index in [1.165, 1.54) is 6.92 Å². The fraction of sp³-hybridized carbons (Fsp3) is 0.571. The second-order valence-corrected chi connectivity index (χ2v) is 4.54. The van der Waals surface area contributed by atoms with E-state index < -0.39 is 25.1 Å². The van der Waals surface area contributed by atoms with E-state index in [-0.39, 0.29) is 12.8 Å². The molecule has 0 saturated carbocycles. The van der Waals surface area contributed by atoms with Gasteiger partial charge in [0, 0.05) is 5.69 Å². The van der Waals surface area contributed by atoms with Gasteiger partial charge in [-0.25, -0.2) is 8.78 Å². The fourth-order valence-corrected chi connectivity index (χ4v) is 1.71. The number of benzene rings is 1. The van der Waals surface area contributed by atoms with Gasteiger partial charge in [-0.3, -0.25) is 4.39 Å². The molecule has 0 heterocycles. The second kappa shape index (κ2) is 7.92. The maximum Gasteiger partial charge on any atom is 0.167 e. The molecule has 3 atom stereocenters. The summed E-state index contributed by atoms with van der Waals surface area (Å²) >= 11 is 0. The van der Waals surface area contributed by atoms with Crippen LogP contribution in [0.1, 0.15) is 26.2 Å². The van der Waals surface area contributed by atoms with Gasteiger partial charge in [0.15, 0.2) is 6.17 Å². The zero-order valence-corrected chi connectivity index (χ0v) is 11.0. The molecular weight excluding hydrogens is 255 g/mol. The molecule has 0 spiro atoms. The Morgan fingerprint density at radius 3 is 2.37 bits per heavy atom. The Morgan fingerprint density at radius 2 is 1.79 bits per heavy atom. The van der Waals surface area contributed by atoms with Crippen LogP contribution in [-0.4, -0.2) is 25.1 Å². The van der Waals surface area contributed by atoms with Crippen LogP contribution in [0.2, 0.25) is 0 Å². The number of anilines is 1. The van der Waals surface area contributed by atoms with Gasteiger partial charge in [0.1, 0.15) is 18.0 Å². The molecule has 108 valence electrons. The van der Waals surface area contributed by atoms with Crippen LogP contribution in [0.5, 0.6) is 5.75 Å². The Hall–Kier alpha value is -1.39. The molecular formula is C14H20F3NO. The van der Waals surface area contributed by atoms with Crippen molar-refractivity contribution in [2.75, 3.05) is 12.4 Å². The van der Waals surface area contributed by atoms with Gasteiger partial charge < -0.3 is 10.5 Å². The SMILES string of the molecule is CC(Oc1ccc(N)cc1)C(F)C(F)CCCCF. The molecule has 5 heteroatoms. The van der Waals surface area contributed by atoms with E-state index in [1.807, 2.05) is 0 Å². The number of halogens is 3. The van der Waals surface area contributed by atoms with E-state index in [9.17, 15) is 13.2 Å². The maximum atomic E-state index is 13.8. The van der Waals surface area contributed by atoms with Crippen molar-refractivity contribution in [2.24, 2.45) is 0 Å². The number of ether oxygens (including phenoxy) is 1. The first-order chi connectivity index (χ1) is 9.04. The summed E-state index contributed by atoms with van der Waals surface area (Å²) in [5.74, 6) is 0.445. The Kier molecular flexibility index (Phi) is 6.53. The minimum Gasteiger partial charge on any atom is -0.488 e. The van der Waals surface area contributed by atoms with Crippen molar-refractivity contribution in [3.63, 3.8) is 0 Å². The monoisotopic (exact) mass is 275 g/mol. The van der Waals surface area contributed by atoms with Crippen LogP contribution in [0.3, 0.4) is 0 Å². The van der Waals surface area contributed by atoms with Crippen molar-refractivity contribution in [1.82, 2.24) is 0 Å². The summed E-state index contributed by atoms with van der Waals surface area (Å²) in [5, 5.41) is 0. The van der Waals surface area contributed by atoms with Crippen molar-refractivity contribution in [3.8, 4) is 5.75 Å². The van der Waals surface area contributed by atoms with E-state index in [2.05, 4.69) is 0 Å². The molecule has 0 aliphatic heterocycles. The zero-order chi connectivity index (χ0) is 14.3. The van der Waals surface area contributed by atoms with Crippen LogP contribution in [0.15, 0.2) is 24.3 Å². The zero-order valence-electron chi connectivity index (χ0n) is 11.0. The summed E-state index contributed by atoms with van der Waals surface area (Å²) < 4.78 is 44.5. The van der Waals surface area contributed by atoms with Crippen LogP contribution < -0.4 is 10.5 Å². The molecule has 2 N–H and O–H groups in total. The minimum absolute atomic E-state index is 0.0144. The number of nitrogen functional groups attached to an aromatic ring is 1. The van der Waals surface area contributed by atoms with E-state index >= 15 is 0 Å². The maximum absolute atomic E-state index is 13.8. The van der Waals surface area contributed by atoms with Gasteiger partial charge in [-0.2, -0.15) is 0 Å². The third-order valence-electron chi connectivity index (χ3n) is 2.86. The first-order valence-corrected chi connectivity index (χ1v) is 6.41. The van der Waals surface area contributed by atoms with Gasteiger partial charge in [-0.15, -0.1) is 0 Å². The summed E-state index contributed by atoms with van der Waals surface area (Å²) in [5.41, 5.74) is 6.09. The third-order valence-corrected chi connectivity index (χ3v) is 2.86. The van der Waals surface area contributed by atoms with Gasteiger partial charge in [-0.05, 0) is 50.5 Å². The number of hydrogen-bond donors (Lipinski definition) is 1. The van der Waals surface area contributed by atoms with E-state index in [1.54, 1.807) is 24.3 Å². The molecule has 0 aromatic heterocycles. The lowest BCUT2D eigenvalue weighted by Crippen LogP contribution is -2.33. The summed E-state index contributed by atoms with van der Waals surface area (Å²) in [6.45, 7) is 0.976. The van der Waals surface area contributed by atoms with E-state index in [0.29, 0.717) is 17.9 Å². The summed E-state index contributed by atoms with van der Waals surface area (Å²) in [4.78, 5) is 0. The fourth-order valence-electron chi connectivity index (χ4n) is 1.71. The van der Waals surface area contributed by atoms with Crippen molar-refractivity contribution >= 4 is 5.69 Å². The molecule has 0 aliphatic rings. The number of unbranched alkanes of at least 4 members (excludes halogenated alkanes) is 1. The summed E-state index contributed by atoms with van der Waals surface area (Å²) in [6.07, 6.45) is -3.63. The molecule has 0 amide bonds. The Labute approximate surface area is 111 Å². The number of alkyl halides is 3. The summed E-state index contributed by atoms with van der Waals surface area (Å²) in [6, 6.07) is 6.47. The lowest BCUT2D eigenvalue weighted by molar-refractivity contribution is 0.0485.